The number of nitrogens with two attached hydrogens (primary N) is 1. The van der Waals surface area contributed by atoms with Crippen molar-refractivity contribution in [3.63, 3.8) is 0 Å². The molecule has 0 spiro atoms. The lowest BCUT2D eigenvalue weighted by molar-refractivity contribution is 0.559. The Labute approximate surface area is 126 Å². The summed E-state index contributed by atoms with van der Waals surface area (Å²) in [5.41, 5.74) is 9.17. The summed E-state index contributed by atoms with van der Waals surface area (Å²) in [6, 6.07) is 7.68. The van der Waals surface area contributed by atoms with E-state index in [1.807, 2.05) is 22.9 Å². The molecule has 2 N–H and O–H groups in total. The molecule has 2 heterocycles. The maximum Gasteiger partial charge on any atom is 0.132 e. The van der Waals surface area contributed by atoms with Gasteiger partial charge in [0.15, 0.2) is 0 Å². The summed E-state index contributed by atoms with van der Waals surface area (Å²) in [5.74, 6) is 1.24. The van der Waals surface area contributed by atoms with E-state index in [0.717, 1.165) is 34.6 Å². The van der Waals surface area contributed by atoms with E-state index < -0.39 is 0 Å². The molecule has 5 nitrogen and oxygen atoms in total. The molecule has 106 valence electrons. The van der Waals surface area contributed by atoms with Crippen molar-refractivity contribution in [2.45, 2.75) is 19.4 Å². The number of nitrogen functional groups attached to an aromatic ring is 1. The molecular formula is C15H14ClN5. The summed E-state index contributed by atoms with van der Waals surface area (Å²) in [7, 11) is 0. The second-order valence-electron chi connectivity index (χ2n) is 5.48. The fourth-order valence-corrected chi connectivity index (χ4v) is 2.78. The Kier molecular flexibility index (Phi) is 2.82. The number of rotatable bonds is 3. The Morgan fingerprint density at radius 3 is 2.81 bits per heavy atom. The van der Waals surface area contributed by atoms with Gasteiger partial charge in [-0.3, -0.25) is 0 Å². The molecule has 0 radical (unpaired) electrons. The molecule has 1 aliphatic rings. The lowest BCUT2D eigenvalue weighted by Crippen LogP contribution is -2.01. The first-order chi connectivity index (χ1) is 10.2. The van der Waals surface area contributed by atoms with Gasteiger partial charge in [-0.25, -0.2) is 9.67 Å². The molecular weight excluding hydrogens is 286 g/mol. The van der Waals surface area contributed by atoms with Crippen molar-refractivity contribution in [1.29, 1.82) is 0 Å². The van der Waals surface area contributed by atoms with Gasteiger partial charge >= 0.3 is 0 Å². The average molecular weight is 300 g/mol. The number of pyridine rings is 1. The number of halogens is 1. The van der Waals surface area contributed by atoms with E-state index in [0.29, 0.717) is 10.8 Å². The second kappa shape index (κ2) is 4.70. The highest BCUT2D eigenvalue weighted by atomic mass is 35.5. The maximum atomic E-state index is 6.51. The van der Waals surface area contributed by atoms with E-state index in [9.17, 15) is 0 Å². The van der Waals surface area contributed by atoms with Crippen LogP contribution >= 0.6 is 11.6 Å². The Morgan fingerprint density at radius 2 is 2.10 bits per heavy atom. The van der Waals surface area contributed by atoms with Gasteiger partial charge in [-0.05, 0) is 37.0 Å². The first-order valence-electron chi connectivity index (χ1n) is 6.96. The van der Waals surface area contributed by atoms with E-state index in [-0.39, 0.29) is 0 Å². The molecule has 0 bridgehead atoms. The highest BCUT2D eigenvalue weighted by molar-refractivity contribution is 6.37. The van der Waals surface area contributed by atoms with E-state index in [2.05, 4.69) is 15.3 Å². The van der Waals surface area contributed by atoms with Crippen molar-refractivity contribution < 1.29 is 0 Å². The Hall–Kier alpha value is -2.14. The minimum absolute atomic E-state index is 0.492. The smallest absolute Gasteiger partial charge is 0.132 e. The molecule has 0 atom stereocenters. The minimum Gasteiger partial charge on any atom is -0.384 e. The zero-order valence-electron chi connectivity index (χ0n) is 11.3. The Bertz CT molecular complexity index is 805. The van der Waals surface area contributed by atoms with Gasteiger partial charge in [-0.1, -0.05) is 22.9 Å². The first-order valence-corrected chi connectivity index (χ1v) is 7.34. The maximum absolute atomic E-state index is 6.51. The Balaban J connectivity index is 1.80. The van der Waals surface area contributed by atoms with Crippen LogP contribution in [0, 0.1) is 5.92 Å². The molecule has 1 aliphatic carbocycles. The first kappa shape index (κ1) is 12.6. The third-order valence-electron chi connectivity index (χ3n) is 3.85. The normalized spacial score (nSPS) is 14.7. The highest BCUT2D eigenvalue weighted by Crippen LogP contribution is 2.35. The highest BCUT2D eigenvalue weighted by Gasteiger charge is 2.23. The quantitative estimate of drug-likeness (QED) is 0.806. The van der Waals surface area contributed by atoms with Crippen molar-refractivity contribution >= 4 is 28.5 Å². The predicted molar refractivity (Wildman–Crippen MR) is 82.9 cm³/mol. The van der Waals surface area contributed by atoms with Crippen molar-refractivity contribution in [2.75, 3.05) is 5.73 Å². The van der Waals surface area contributed by atoms with Gasteiger partial charge in [0.1, 0.15) is 11.3 Å². The van der Waals surface area contributed by atoms with Crippen LogP contribution in [0.3, 0.4) is 0 Å². The summed E-state index contributed by atoms with van der Waals surface area (Å²) in [5, 5.41) is 9.08. The standard InChI is InChI=1S/C15H14ClN5/c16-14-11(10-3-6-13(17)18-7-10)4-5-12-15(14)19-20-21(12)8-9-1-2-9/h3-7,9H,1-2,8H2,(H2,17,18). The third kappa shape index (κ3) is 2.23. The summed E-state index contributed by atoms with van der Waals surface area (Å²) in [6.07, 6.45) is 4.28. The van der Waals surface area contributed by atoms with Gasteiger partial charge in [0, 0.05) is 23.9 Å². The van der Waals surface area contributed by atoms with Crippen molar-refractivity contribution in [1.82, 2.24) is 20.0 Å². The predicted octanol–water partition coefficient (Wildman–Crippen LogP) is 3.14. The molecule has 1 aromatic carbocycles. The largest absolute Gasteiger partial charge is 0.384 e. The van der Waals surface area contributed by atoms with Crippen LogP contribution in [0.4, 0.5) is 5.82 Å². The fraction of sp³-hybridized carbons (Fsp3) is 0.267. The lowest BCUT2D eigenvalue weighted by atomic mass is 10.1. The molecule has 0 amide bonds. The number of aromatic nitrogens is 4. The molecule has 1 saturated carbocycles. The van der Waals surface area contributed by atoms with Crippen molar-refractivity contribution in [3.8, 4) is 11.1 Å². The van der Waals surface area contributed by atoms with Crippen molar-refractivity contribution in [2.24, 2.45) is 5.92 Å². The molecule has 4 rings (SSSR count). The third-order valence-corrected chi connectivity index (χ3v) is 4.23. The number of benzene rings is 1. The van der Waals surface area contributed by atoms with Crippen LogP contribution in [0.1, 0.15) is 12.8 Å². The SMILES string of the molecule is Nc1ccc(-c2ccc3c(nnn3CC3CC3)c2Cl)cn1. The molecule has 3 aromatic rings. The van der Waals surface area contributed by atoms with E-state index in [1.165, 1.54) is 12.8 Å². The van der Waals surface area contributed by atoms with Crippen LogP contribution < -0.4 is 5.73 Å². The van der Waals surface area contributed by atoms with Gasteiger partial charge in [-0.2, -0.15) is 0 Å². The van der Waals surface area contributed by atoms with Gasteiger partial charge in [0.25, 0.3) is 0 Å². The molecule has 1 fully saturated rings. The lowest BCUT2D eigenvalue weighted by Gasteiger charge is -2.06. The van der Waals surface area contributed by atoms with Crippen LogP contribution in [0.2, 0.25) is 5.02 Å². The van der Waals surface area contributed by atoms with Gasteiger partial charge in [0.2, 0.25) is 0 Å². The van der Waals surface area contributed by atoms with Crippen LogP contribution in [0.15, 0.2) is 30.5 Å². The van der Waals surface area contributed by atoms with Crippen molar-refractivity contribution in [3.05, 3.63) is 35.5 Å². The van der Waals surface area contributed by atoms with Crippen LogP contribution in [-0.4, -0.2) is 20.0 Å². The van der Waals surface area contributed by atoms with E-state index in [4.69, 9.17) is 17.3 Å². The summed E-state index contributed by atoms with van der Waals surface area (Å²) >= 11 is 6.51. The monoisotopic (exact) mass is 299 g/mol. The number of nitrogens with zero attached hydrogens (tertiary/aromatic N) is 4. The Morgan fingerprint density at radius 1 is 1.24 bits per heavy atom. The minimum atomic E-state index is 0.492. The average Bonchev–Trinajstić information content (AvgIpc) is 3.20. The summed E-state index contributed by atoms with van der Waals surface area (Å²) in [4.78, 5) is 4.11. The van der Waals surface area contributed by atoms with E-state index in [1.54, 1.807) is 12.3 Å². The number of fused-ring (bicyclic) bond motifs is 1. The van der Waals surface area contributed by atoms with Crippen LogP contribution in [0.25, 0.3) is 22.2 Å². The number of hydrogen-bond donors (Lipinski definition) is 1. The second-order valence-corrected chi connectivity index (χ2v) is 5.86. The number of anilines is 1. The zero-order chi connectivity index (χ0) is 14.4. The van der Waals surface area contributed by atoms with Gasteiger partial charge < -0.3 is 5.73 Å². The topological polar surface area (TPSA) is 69.6 Å². The molecule has 21 heavy (non-hydrogen) atoms. The van der Waals surface area contributed by atoms with Crippen LogP contribution in [-0.2, 0) is 6.54 Å². The number of hydrogen-bond acceptors (Lipinski definition) is 4. The molecule has 0 unspecified atom stereocenters. The van der Waals surface area contributed by atoms with E-state index >= 15 is 0 Å². The zero-order valence-corrected chi connectivity index (χ0v) is 12.1. The molecule has 0 aliphatic heterocycles. The molecule has 0 saturated heterocycles. The summed E-state index contributed by atoms with van der Waals surface area (Å²) < 4.78 is 1.95. The molecule has 2 aromatic heterocycles. The fourth-order valence-electron chi connectivity index (χ4n) is 2.47. The van der Waals surface area contributed by atoms with Gasteiger partial charge in [0.05, 0.1) is 10.5 Å². The van der Waals surface area contributed by atoms with Gasteiger partial charge in [-0.15, -0.1) is 5.10 Å². The molecule has 6 heteroatoms. The van der Waals surface area contributed by atoms with Crippen LogP contribution in [0.5, 0.6) is 0 Å². The summed E-state index contributed by atoms with van der Waals surface area (Å²) in [6.45, 7) is 0.926.